The molecule has 0 aromatic rings. The third-order valence-corrected chi connectivity index (χ3v) is 3.33. The van der Waals surface area contributed by atoms with E-state index in [1.165, 1.54) is 0 Å². The molecule has 4 N–H and O–H groups in total. The van der Waals surface area contributed by atoms with Gasteiger partial charge in [-0.1, -0.05) is 20.3 Å². The molecule has 0 aromatic carbocycles. The highest BCUT2D eigenvalue weighted by Crippen LogP contribution is 2.34. The molecular formula is C12H22N2O4. The van der Waals surface area contributed by atoms with Crippen molar-refractivity contribution in [1.82, 2.24) is 10.6 Å². The van der Waals surface area contributed by atoms with E-state index in [-0.39, 0.29) is 11.5 Å². The SMILES string of the molecule is CC1(C)CCCC(NC(=O)N[C@@H](CO)C(=O)O)C1. The summed E-state index contributed by atoms with van der Waals surface area (Å²) in [6.45, 7) is 3.71. The normalized spacial score (nSPS) is 24.1. The van der Waals surface area contributed by atoms with Gasteiger partial charge in [0.15, 0.2) is 6.04 Å². The molecule has 6 nitrogen and oxygen atoms in total. The van der Waals surface area contributed by atoms with Crippen LogP contribution in [0.1, 0.15) is 39.5 Å². The number of aliphatic carboxylic acids is 1. The van der Waals surface area contributed by atoms with Gasteiger partial charge in [0, 0.05) is 6.04 Å². The van der Waals surface area contributed by atoms with Crippen molar-refractivity contribution >= 4 is 12.0 Å². The van der Waals surface area contributed by atoms with E-state index in [9.17, 15) is 9.59 Å². The first-order chi connectivity index (χ1) is 8.34. The molecule has 1 fully saturated rings. The second-order valence-corrected chi connectivity index (χ2v) is 5.65. The average molecular weight is 258 g/mol. The maximum atomic E-state index is 11.6. The number of aliphatic hydroxyl groups is 1. The number of carbonyl (C=O) groups excluding carboxylic acids is 1. The first-order valence-electron chi connectivity index (χ1n) is 6.25. The van der Waals surface area contributed by atoms with Crippen molar-refractivity contribution in [1.29, 1.82) is 0 Å². The van der Waals surface area contributed by atoms with E-state index in [0.29, 0.717) is 0 Å². The van der Waals surface area contributed by atoms with Crippen molar-refractivity contribution in [2.75, 3.05) is 6.61 Å². The van der Waals surface area contributed by atoms with Crippen LogP contribution in [-0.4, -0.2) is 40.9 Å². The summed E-state index contributed by atoms with van der Waals surface area (Å²) >= 11 is 0. The van der Waals surface area contributed by atoms with Crippen LogP contribution in [0.2, 0.25) is 0 Å². The number of carboxylic acid groups (broad SMARTS) is 1. The fourth-order valence-electron chi connectivity index (χ4n) is 2.39. The van der Waals surface area contributed by atoms with Crippen molar-refractivity contribution in [2.24, 2.45) is 5.41 Å². The minimum Gasteiger partial charge on any atom is -0.480 e. The number of rotatable bonds is 4. The van der Waals surface area contributed by atoms with Gasteiger partial charge in [0.05, 0.1) is 6.61 Å². The molecule has 18 heavy (non-hydrogen) atoms. The van der Waals surface area contributed by atoms with Gasteiger partial charge in [0.1, 0.15) is 0 Å². The maximum absolute atomic E-state index is 11.6. The molecule has 104 valence electrons. The van der Waals surface area contributed by atoms with E-state index >= 15 is 0 Å². The molecule has 6 heteroatoms. The molecule has 0 aliphatic heterocycles. The lowest BCUT2D eigenvalue weighted by Crippen LogP contribution is -2.51. The summed E-state index contributed by atoms with van der Waals surface area (Å²) in [6.07, 6.45) is 3.99. The number of urea groups is 1. The van der Waals surface area contributed by atoms with Crippen LogP contribution in [0.3, 0.4) is 0 Å². The Balaban J connectivity index is 2.42. The van der Waals surface area contributed by atoms with Crippen molar-refractivity contribution in [3.63, 3.8) is 0 Å². The van der Waals surface area contributed by atoms with Gasteiger partial charge in [0.25, 0.3) is 0 Å². The monoisotopic (exact) mass is 258 g/mol. The van der Waals surface area contributed by atoms with Crippen molar-refractivity contribution in [3.8, 4) is 0 Å². The number of carboxylic acids is 1. The number of nitrogens with one attached hydrogen (secondary N) is 2. The summed E-state index contributed by atoms with van der Waals surface area (Å²) in [4.78, 5) is 22.3. The molecule has 2 atom stereocenters. The van der Waals surface area contributed by atoms with Crippen LogP contribution < -0.4 is 10.6 Å². The first kappa shape index (κ1) is 14.8. The highest BCUT2D eigenvalue weighted by molar-refractivity contribution is 5.82. The smallest absolute Gasteiger partial charge is 0.328 e. The highest BCUT2D eigenvalue weighted by atomic mass is 16.4. The molecule has 2 amide bonds. The summed E-state index contributed by atoms with van der Waals surface area (Å²) in [5.74, 6) is -1.24. The topological polar surface area (TPSA) is 98.7 Å². The summed E-state index contributed by atoms with van der Waals surface area (Å²) in [5, 5.41) is 22.5. The third kappa shape index (κ3) is 4.52. The molecule has 1 aliphatic carbocycles. The molecular weight excluding hydrogens is 236 g/mol. The number of hydrogen-bond donors (Lipinski definition) is 4. The number of amides is 2. The molecule has 0 saturated heterocycles. The van der Waals surface area contributed by atoms with Crippen LogP contribution in [0.5, 0.6) is 0 Å². The molecule has 1 rings (SSSR count). The van der Waals surface area contributed by atoms with Gasteiger partial charge in [-0.15, -0.1) is 0 Å². The number of hydrogen-bond acceptors (Lipinski definition) is 3. The molecule has 0 radical (unpaired) electrons. The Hall–Kier alpha value is -1.30. The summed E-state index contributed by atoms with van der Waals surface area (Å²) in [6, 6.07) is -1.71. The Morgan fingerprint density at radius 1 is 1.44 bits per heavy atom. The van der Waals surface area contributed by atoms with Crippen LogP contribution >= 0.6 is 0 Å². The van der Waals surface area contributed by atoms with Crippen molar-refractivity contribution in [2.45, 2.75) is 51.6 Å². The summed E-state index contributed by atoms with van der Waals surface area (Å²) in [5.41, 5.74) is 0.208. The van der Waals surface area contributed by atoms with E-state index in [4.69, 9.17) is 10.2 Å². The Morgan fingerprint density at radius 3 is 2.61 bits per heavy atom. The lowest BCUT2D eigenvalue weighted by molar-refractivity contribution is -0.140. The summed E-state index contributed by atoms with van der Waals surface area (Å²) in [7, 11) is 0. The quantitative estimate of drug-likeness (QED) is 0.596. The minimum atomic E-state index is -1.25. The zero-order valence-corrected chi connectivity index (χ0v) is 10.9. The number of aliphatic hydroxyl groups excluding tert-OH is 1. The van der Waals surface area contributed by atoms with E-state index in [2.05, 4.69) is 24.5 Å². The predicted octanol–water partition coefficient (Wildman–Crippen LogP) is 0.700. The lowest BCUT2D eigenvalue weighted by atomic mass is 9.75. The fourth-order valence-corrected chi connectivity index (χ4v) is 2.39. The average Bonchev–Trinajstić information content (AvgIpc) is 2.23. The van der Waals surface area contributed by atoms with Crippen LogP contribution in [0, 0.1) is 5.41 Å². The maximum Gasteiger partial charge on any atom is 0.328 e. The van der Waals surface area contributed by atoms with E-state index in [1.807, 2.05) is 0 Å². The predicted molar refractivity (Wildman–Crippen MR) is 66.2 cm³/mol. The van der Waals surface area contributed by atoms with Gasteiger partial charge in [-0.25, -0.2) is 9.59 Å². The van der Waals surface area contributed by atoms with Crippen LogP contribution in [0.4, 0.5) is 4.79 Å². The molecule has 0 aromatic heterocycles. The third-order valence-electron chi connectivity index (χ3n) is 3.33. The fraction of sp³-hybridized carbons (Fsp3) is 0.833. The molecule has 0 spiro atoms. The minimum absolute atomic E-state index is 0.0712. The van der Waals surface area contributed by atoms with Crippen LogP contribution in [0.25, 0.3) is 0 Å². The Kier molecular flexibility index (Phi) is 4.95. The molecule has 1 unspecified atom stereocenters. The Morgan fingerprint density at radius 2 is 2.11 bits per heavy atom. The van der Waals surface area contributed by atoms with Crippen molar-refractivity contribution in [3.05, 3.63) is 0 Å². The van der Waals surface area contributed by atoms with E-state index in [1.54, 1.807) is 0 Å². The van der Waals surface area contributed by atoms with Crippen LogP contribution in [-0.2, 0) is 4.79 Å². The largest absolute Gasteiger partial charge is 0.480 e. The zero-order chi connectivity index (χ0) is 13.8. The second kappa shape index (κ2) is 6.04. The second-order valence-electron chi connectivity index (χ2n) is 5.65. The first-order valence-corrected chi connectivity index (χ1v) is 6.25. The van der Waals surface area contributed by atoms with E-state index < -0.39 is 24.6 Å². The lowest BCUT2D eigenvalue weighted by Gasteiger charge is -2.35. The Bertz CT molecular complexity index is 317. The summed E-state index contributed by atoms with van der Waals surface area (Å²) < 4.78 is 0. The Labute approximate surface area is 107 Å². The van der Waals surface area contributed by atoms with Gasteiger partial charge >= 0.3 is 12.0 Å². The molecule has 1 saturated carbocycles. The molecule has 1 aliphatic rings. The van der Waals surface area contributed by atoms with Crippen LogP contribution in [0.15, 0.2) is 0 Å². The van der Waals surface area contributed by atoms with Gasteiger partial charge in [-0.05, 0) is 24.7 Å². The molecule has 0 bridgehead atoms. The van der Waals surface area contributed by atoms with Gasteiger partial charge in [-0.2, -0.15) is 0 Å². The highest BCUT2D eigenvalue weighted by Gasteiger charge is 2.29. The molecule has 0 heterocycles. The number of carbonyl (C=O) groups is 2. The van der Waals surface area contributed by atoms with Gasteiger partial charge in [0.2, 0.25) is 0 Å². The zero-order valence-electron chi connectivity index (χ0n) is 10.9. The van der Waals surface area contributed by atoms with Gasteiger partial charge in [-0.3, -0.25) is 0 Å². The van der Waals surface area contributed by atoms with E-state index in [0.717, 1.165) is 25.7 Å². The van der Waals surface area contributed by atoms with Crippen molar-refractivity contribution < 1.29 is 19.8 Å². The standard InChI is InChI=1S/C12H22N2O4/c1-12(2)5-3-4-8(6-12)13-11(18)14-9(7-15)10(16)17/h8-9,15H,3-7H2,1-2H3,(H,16,17)(H2,13,14,18)/t8?,9-/m0/s1. The van der Waals surface area contributed by atoms with Gasteiger partial charge < -0.3 is 20.8 Å².